The van der Waals surface area contributed by atoms with Crippen LogP contribution in [-0.2, 0) is 6.42 Å². The lowest BCUT2D eigenvalue weighted by Gasteiger charge is -2.14. The van der Waals surface area contributed by atoms with Crippen molar-refractivity contribution < 1.29 is 8.78 Å². The van der Waals surface area contributed by atoms with Crippen molar-refractivity contribution in [1.29, 1.82) is 0 Å². The Hall–Kier alpha value is -3.72. The number of rotatable bonds is 6. The fraction of sp³-hybridized carbons (Fsp3) is 0.308. The van der Waals surface area contributed by atoms with Gasteiger partial charge in [0, 0.05) is 24.3 Å². The summed E-state index contributed by atoms with van der Waals surface area (Å²) in [6.45, 7) is 7.72. The number of fused-ring (bicyclic) bond motifs is 1. The number of hydrogen-bond donors (Lipinski definition) is 2. The Labute approximate surface area is 202 Å². The molecule has 4 aromatic rings. The molecule has 0 spiro atoms. The minimum Gasteiger partial charge on any atom is -0.326 e. The third kappa shape index (κ3) is 4.77. The number of halogens is 2. The topological polar surface area (TPSA) is 80.6 Å². The number of nitrogens with one attached hydrogen (secondary N) is 2. The summed E-state index contributed by atoms with van der Waals surface area (Å²) in [5.41, 5.74) is 3.70. The van der Waals surface area contributed by atoms with Gasteiger partial charge in [-0.3, -0.25) is 0 Å². The van der Waals surface area contributed by atoms with E-state index in [4.69, 9.17) is 0 Å². The van der Waals surface area contributed by atoms with Gasteiger partial charge in [0.2, 0.25) is 5.95 Å². The Bertz CT molecular complexity index is 1410. The van der Waals surface area contributed by atoms with Gasteiger partial charge in [-0.25, -0.2) is 28.7 Å². The summed E-state index contributed by atoms with van der Waals surface area (Å²) in [7, 11) is 0. The fourth-order valence-electron chi connectivity index (χ4n) is 4.50. The van der Waals surface area contributed by atoms with Crippen molar-refractivity contribution in [3.05, 3.63) is 71.3 Å². The molecule has 0 aliphatic carbocycles. The van der Waals surface area contributed by atoms with Crippen LogP contribution >= 0.6 is 0 Å². The normalized spacial score (nSPS) is 13.9. The van der Waals surface area contributed by atoms with Crippen molar-refractivity contribution in [2.45, 2.75) is 39.7 Å². The average Bonchev–Trinajstić information content (AvgIpc) is 3.19. The van der Waals surface area contributed by atoms with Crippen LogP contribution in [0.2, 0.25) is 0 Å². The first-order chi connectivity index (χ1) is 16.9. The van der Waals surface area contributed by atoms with E-state index in [0.717, 1.165) is 37.7 Å². The van der Waals surface area contributed by atoms with Crippen molar-refractivity contribution in [2.75, 3.05) is 18.4 Å². The van der Waals surface area contributed by atoms with Crippen LogP contribution in [0.4, 0.5) is 20.5 Å². The van der Waals surface area contributed by atoms with Crippen LogP contribution in [0.1, 0.15) is 37.7 Å². The number of aromatic nitrogens is 5. The molecule has 4 heterocycles. The molecule has 0 saturated heterocycles. The van der Waals surface area contributed by atoms with Gasteiger partial charge in [0.05, 0.1) is 11.7 Å². The summed E-state index contributed by atoms with van der Waals surface area (Å²) >= 11 is 0. The zero-order chi connectivity index (χ0) is 24.5. The number of hydrogen-bond acceptors (Lipinski definition) is 6. The molecule has 0 amide bonds. The lowest BCUT2D eigenvalue weighted by atomic mass is 10.0. The minimum absolute atomic E-state index is 0.00641. The quantitative estimate of drug-likeness (QED) is 0.370. The highest BCUT2D eigenvalue weighted by atomic mass is 19.1. The standard InChI is InChI=1S/C26H27F2N7/c1-15(2)35-16(3)32-25-20(27)11-19(12-22(25)35)24-21(28)14-31-26(34-24)33-23-5-4-18(13-30-23)10-17-6-8-29-9-7-17/h4-6,11-15,29H,7-10H2,1-3H3,(H,30,31,33,34). The van der Waals surface area contributed by atoms with Gasteiger partial charge in [-0.05, 0) is 63.9 Å². The molecule has 35 heavy (non-hydrogen) atoms. The molecule has 9 heteroatoms. The van der Waals surface area contributed by atoms with Gasteiger partial charge in [-0.1, -0.05) is 17.7 Å². The Kier molecular flexibility index (Phi) is 6.25. The van der Waals surface area contributed by atoms with Crippen LogP contribution in [0.25, 0.3) is 22.3 Å². The van der Waals surface area contributed by atoms with E-state index in [2.05, 4.69) is 36.6 Å². The molecule has 7 nitrogen and oxygen atoms in total. The third-order valence-electron chi connectivity index (χ3n) is 6.11. The van der Waals surface area contributed by atoms with Gasteiger partial charge >= 0.3 is 0 Å². The molecular formula is C26H27F2N7. The van der Waals surface area contributed by atoms with E-state index in [1.807, 2.05) is 43.7 Å². The maximum absolute atomic E-state index is 14.9. The summed E-state index contributed by atoms with van der Waals surface area (Å²) < 4.78 is 31.6. The van der Waals surface area contributed by atoms with Crippen LogP contribution in [0.3, 0.4) is 0 Å². The van der Waals surface area contributed by atoms with E-state index >= 15 is 0 Å². The second kappa shape index (κ2) is 9.50. The summed E-state index contributed by atoms with van der Waals surface area (Å²) in [6.07, 6.45) is 7.02. The van der Waals surface area contributed by atoms with Crippen molar-refractivity contribution in [3.8, 4) is 11.3 Å². The maximum atomic E-state index is 14.9. The van der Waals surface area contributed by atoms with Crippen molar-refractivity contribution >= 4 is 22.8 Å². The number of aryl methyl sites for hydroxylation is 1. The average molecular weight is 476 g/mol. The van der Waals surface area contributed by atoms with Crippen molar-refractivity contribution in [3.63, 3.8) is 0 Å². The highest BCUT2D eigenvalue weighted by molar-refractivity contribution is 5.83. The van der Waals surface area contributed by atoms with Crippen LogP contribution < -0.4 is 10.6 Å². The maximum Gasteiger partial charge on any atom is 0.229 e. The smallest absolute Gasteiger partial charge is 0.229 e. The van der Waals surface area contributed by atoms with Crippen LogP contribution in [-0.4, -0.2) is 37.6 Å². The molecule has 2 N–H and O–H groups in total. The van der Waals surface area contributed by atoms with Crippen LogP contribution in [0, 0.1) is 18.6 Å². The second-order valence-electron chi connectivity index (χ2n) is 9.01. The van der Waals surface area contributed by atoms with Gasteiger partial charge in [-0.15, -0.1) is 0 Å². The minimum atomic E-state index is -0.639. The lowest BCUT2D eigenvalue weighted by molar-refractivity contribution is 0.600. The van der Waals surface area contributed by atoms with E-state index in [1.54, 1.807) is 6.07 Å². The van der Waals surface area contributed by atoms with Gasteiger partial charge in [-0.2, -0.15) is 0 Å². The number of nitrogens with zero attached hydrogens (tertiary/aromatic N) is 5. The molecule has 1 aromatic carbocycles. The van der Waals surface area contributed by atoms with Crippen LogP contribution in [0.5, 0.6) is 0 Å². The predicted molar refractivity (Wildman–Crippen MR) is 133 cm³/mol. The Balaban J connectivity index is 1.42. The second-order valence-corrected chi connectivity index (χ2v) is 9.01. The SMILES string of the molecule is Cc1nc2c(F)cc(-c3nc(Nc4ccc(CC5=CCNCC5)cn4)ncc3F)cc2n1C(C)C. The molecule has 1 aliphatic rings. The first kappa shape index (κ1) is 23.0. The first-order valence-electron chi connectivity index (χ1n) is 11.7. The Morgan fingerprint density at radius 3 is 2.66 bits per heavy atom. The Morgan fingerprint density at radius 1 is 1.09 bits per heavy atom. The van der Waals surface area contributed by atoms with Gasteiger partial charge in [0.1, 0.15) is 22.9 Å². The van der Waals surface area contributed by atoms with Crippen molar-refractivity contribution in [2.24, 2.45) is 0 Å². The number of anilines is 2. The molecule has 1 aliphatic heterocycles. The summed E-state index contributed by atoms with van der Waals surface area (Å²) in [5.74, 6) is 0.258. The lowest BCUT2D eigenvalue weighted by Crippen LogP contribution is -2.21. The van der Waals surface area contributed by atoms with Gasteiger partial charge < -0.3 is 15.2 Å². The molecule has 5 rings (SSSR count). The fourth-order valence-corrected chi connectivity index (χ4v) is 4.50. The molecule has 0 unspecified atom stereocenters. The van der Waals surface area contributed by atoms with E-state index < -0.39 is 11.6 Å². The molecular weight excluding hydrogens is 448 g/mol. The predicted octanol–water partition coefficient (Wildman–Crippen LogP) is 5.26. The van der Waals surface area contributed by atoms with Crippen molar-refractivity contribution in [1.82, 2.24) is 29.8 Å². The Morgan fingerprint density at radius 2 is 1.94 bits per heavy atom. The first-order valence-corrected chi connectivity index (χ1v) is 11.7. The summed E-state index contributed by atoms with van der Waals surface area (Å²) in [6, 6.07) is 6.90. The molecule has 3 aromatic heterocycles. The van der Waals surface area contributed by atoms with E-state index in [1.165, 1.54) is 11.6 Å². The van der Waals surface area contributed by atoms with E-state index in [9.17, 15) is 8.78 Å². The molecule has 0 atom stereocenters. The molecule has 180 valence electrons. The third-order valence-corrected chi connectivity index (χ3v) is 6.11. The highest BCUT2D eigenvalue weighted by Crippen LogP contribution is 2.30. The number of benzene rings is 1. The largest absolute Gasteiger partial charge is 0.326 e. The summed E-state index contributed by atoms with van der Waals surface area (Å²) in [4.78, 5) is 17.2. The molecule has 0 bridgehead atoms. The monoisotopic (exact) mass is 475 g/mol. The van der Waals surface area contributed by atoms with Crippen LogP contribution in [0.15, 0.2) is 48.3 Å². The zero-order valence-corrected chi connectivity index (χ0v) is 19.9. The van der Waals surface area contributed by atoms with Gasteiger partial charge in [0.25, 0.3) is 0 Å². The number of pyridine rings is 1. The zero-order valence-electron chi connectivity index (χ0n) is 19.9. The molecule has 0 saturated carbocycles. The molecule has 0 fully saturated rings. The summed E-state index contributed by atoms with van der Waals surface area (Å²) in [5, 5.41) is 6.33. The van der Waals surface area contributed by atoms with Gasteiger partial charge in [0.15, 0.2) is 11.6 Å². The number of imidazole rings is 1. The molecule has 0 radical (unpaired) electrons. The van der Waals surface area contributed by atoms with E-state index in [0.29, 0.717) is 22.7 Å². The van der Waals surface area contributed by atoms with E-state index in [-0.39, 0.29) is 23.2 Å². The highest BCUT2D eigenvalue weighted by Gasteiger charge is 2.18.